The van der Waals surface area contributed by atoms with E-state index >= 15 is 0 Å². The number of nitro groups is 1. The van der Waals surface area contributed by atoms with Crippen molar-refractivity contribution in [3.63, 3.8) is 0 Å². The molecule has 1 aromatic heterocycles. The predicted molar refractivity (Wildman–Crippen MR) is 98.0 cm³/mol. The van der Waals surface area contributed by atoms with Crippen LogP contribution in [0.4, 0.5) is 5.69 Å². The van der Waals surface area contributed by atoms with Crippen LogP contribution in [-0.2, 0) is 6.54 Å². The van der Waals surface area contributed by atoms with Crippen LogP contribution < -0.4 is 14.8 Å². The van der Waals surface area contributed by atoms with Gasteiger partial charge in [0.2, 0.25) is 6.79 Å². The van der Waals surface area contributed by atoms with Crippen LogP contribution >= 0.6 is 0 Å². The number of fused-ring (bicyclic) bond motifs is 1. The first-order valence-electron chi connectivity index (χ1n) is 8.50. The molecule has 8 nitrogen and oxygen atoms in total. The fourth-order valence-electron chi connectivity index (χ4n) is 3.01. The topological polar surface area (TPSA) is 91.5 Å². The number of rotatable bonds is 6. The molecule has 0 bridgehead atoms. The highest BCUT2D eigenvalue weighted by molar-refractivity contribution is 5.55. The average Bonchev–Trinajstić information content (AvgIpc) is 3.36. The molecule has 0 spiro atoms. The van der Waals surface area contributed by atoms with Crippen molar-refractivity contribution in [2.24, 2.45) is 0 Å². The molecule has 3 aromatic rings. The number of hydrogen-bond donors (Lipinski definition) is 1. The molecule has 27 heavy (non-hydrogen) atoms. The zero-order valence-corrected chi connectivity index (χ0v) is 14.7. The lowest BCUT2D eigenvalue weighted by atomic mass is 10.1. The lowest BCUT2D eigenvalue weighted by molar-refractivity contribution is -0.385. The maximum absolute atomic E-state index is 11.4. The fraction of sp³-hybridized carbons (Fsp3) is 0.211. The van der Waals surface area contributed by atoms with Crippen molar-refractivity contribution in [2.45, 2.75) is 19.5 Å². The van der Waals surface area contributed by atoms with Crippen molar-refractivity contribution in [1.82, 2.24) is 14.9 Å². The van der Waals surface area contributed by atoms with E-state index in [1.807, 2.05) is 42.0 Å². The van der Waals surface area contributed by atoms with Crippen LogP contribution in [-0.4, -0.2) is 21.3 Å². The molecule has 2 aromatic carbocycles. The smallest absolute Gasteiger partial charge is 0.277 e. The molecule has 1 atom stereocenters. The number of benzene rings is 2. The Morgan fingerprint density at radius 1 is 1.26 bits per heavy atom. The quantitative estimate of drug-likeness (QED) is 0.531. The summed E-state index contributed by atoms with van der Waals surface area (Å²) in [5, 5.41) is 14.7. The zero-order valence-electron chi connectivity index (χ0n) is 14.7. The molecule has 1 N–H and O–H groups in total. The summed E-state index contributed by atoms with van der Waals surface area (Å²) in [5.74, 6) is 0.948. The minimum absolute atomic E-state index is 0.0202. The highest BCUT2D eigenvalue weighted by Gasteiger charge is 2.23. The van der Waals surface area contributed by atoms with Gasteiger partial charge in [-0.25, -0.2) is 4.98 Å². The van der Waals surface area contributed by atoms with Gasteiger partial charge in [0.1, 0.15) is 0 Å². The first kappa shape index (κ1) is 17.0. The third-order valence-corrected chi connectivity index (χ3v) is 4.56. The molecular formula is C19H18N4O4. The van der Waals surface area contributed by atoms with Crippen LogP contribution in [0.5, 0.6) is 11.5 Å². The Labute approximate surface area is 155 Å². The largest absolute Gasteiger partial charge is 0.454 e. The van der Waals surface area contributed by atoms with Gasteiger partial charge in [-0.2, -0.15) is 0 Å². The second-order valence-corrected chi connectivity index (χ2v) is 6.26. The number of nitrogens with zero attached hydrogens (tertiary/aromatic N) is 3. The van der Waals surface area contributed by atoms with Crippen molar-refractivity contribution >= 4 is 5.69 Å². The Morgan fingerprint density at radius 2 is 2.00 bits per heavy atom. The average molecular weight is 366 g/mol. The predicted octanol–water partition coefficient (Wildman–Crippen LogP) is 3.36. The van der Waals surface area contributed by atoms with Gasteiger partial charge < -0.3 is 19.4 Å². The van der Waals surface area contributed by atoms with Crippen LogP contribution in [0.25, 0.3) is 5.69 Å². The molecule has 1 aliphatic rings. The monoisotopic (exact) mass is 366 g/mol. The lowest BCUT2D eigenvalue weighted by Crippen LogP contribution is -2.18. The second-order valence-electron chi connectivity index (χ2n) is 6.26. The maximum Gasteiger partial charge on any atom is 0.277 e. The standard InChI is InChI=1S/C19H18N4O4/c1-13(14-2-4-16(5-3-14)22-7-6-20-11-22)21-10-15-8-18-19(27-12-26-18)9-17(15)23(24)25/h2-9,11,13,21H,10,12H2,1H3. The van der Waals surface area contributed by atoms with Crippen LogP contribution in [0.2, 0.25) is 0 Å². The van der Waals surface area contributed by atoms with Crippen molar-refractivity contribution in [3.05, 3.63) is 76.4 Å². The summed E-state index contributed by atoms with van der Waals surface area (Å²) >= 11 is 0. The summed E-state index contributed by atoms with van der Waals surface area (Å²) in [4.78, 5) is 15.0. The number of ether oxygens (including phenoxy) is 2. The minimum atomic E-state index is -0.399. The Bertz CT molecular complexity index is 955. The van der Waals surface area contributed by atoms with Gasteiger partial charge in [0.15, 0.2) is 11.5 Å². The molecule has 0 saturated heterocycles. The molecule has 0 amide bonds. The van der Waals surface area contributed by atoms with Gasteiger partial charge in [0, 0.05) is 36.2 Å². The van der Waals surface area contributed by atoms with Crippen LogP contribution in [0.3, 0.4) is 0 Å². The van der Waals surface area contributed by atoms with Gasteiger partial charge in [-0.15, -0.1) is 0 Å². The number of hydrogen-bond acceptors (Lipinski definition) is 6. The maximum atomic E-state index is 11.4. The Hall–Kier alpha value is -3.39. The van der Waals surface area contributed by atoms with Crippen molar-refractivity contribution < 1.29 is 14.4 Å². The Balaban J connectivity index is 1.48. The minimum Gasteiger partial charge on any atom is -0.454 e. The zero-order chi connectivity index (χ0) is 18.8. The molecule has 4 rings (SSSR count). The van der Waals surface area contributed by atoms with Crippen LogP contribution in [0, 0.1) is 10.1 Å². The van der Waals surface area contributed by atoms with E-state index < -0.39 is 4.92 Å². The van der Waals surface area contributed by atoms with Gasteiger partial charge in [0.05, 0.1) is 17.3 Å². The van der Waals surface area contributed by atoms with Crippen LogP contribution in [0.1, 0.15) is 24.1 Å². The highest BCUT2D eigenvalue weighted by atomic mass is 16.7. The first-order chi connectivity index (χ1) is 13.1. The summed E-state index contributed by atoms with van der Waals surface area (Å²) in [5.41, 5.74) is 2.69. The van der Waals surface area contributed by atoms with E-state index in [2.05, 4.69) is 10.3 Å². The summed E-state index contributed by atoms with van der Waals surface area (Å²) in [6.07, 6.45) is 5.36. The third kappa shape index (κ3) is 3.47. The molecule has 0 fully saturated rings. The van der Waals surface area contributed by atoms with E-state index in [0.717, 1.165) is 11.3 Å². The van der Waals surface area contributed by atoms with E-state index in [1.165, 1.54) is 6.07 Å². The van der Waals surface area contributed by atoms with Gasteiger partial charge in [-0.3, -0.25) is 10.1 Å². The normalized spacial score (nSPS) is 13.5. The number of aromatic nitrogens is 2. The molecule has 1 unspecified atom stereocenters. The summed E-state index contributed by atoms with van der Waals surface area (Å²) in [7, 11) is 0. The molecular weight excluding hydrogens is 348 g/mol. The van der Waals surface area contributed by atoms with Crippen molar-refractivity contribution in [3.8, 4) is 17.2 Å². The molecule has 1 aliphatic heterocycles. The van der Waals surface area contributed by atoms with Gasteiger partial charge >= 0.3 is 0 Å². The van der Waals surface area contributed by atoms with Gasteiger partial charge in [-0.1, -0.05) is 12.1 Å². The Morgan fingerprint density at radius 3 is 2.67 bits per heavy atom. The molecule has 8 heteroatoms. The van der Waals surface area contributed by atoms with E-state index in [4.69, 9.17) is 9.47 Å². The number of nitro benzene ring substituents is 1. The SMILES string of the molecule is CC(NCc1cc2c(cc1[N+](=O)[O-])OCO2)c1ccc(-n2ccnc2)cc1. The van der Waals surface area contributed by atoms with E-state index in [1.54, 1.807) is 18.6 Å². The third-order valence-electron chi connectivity index (χ3n) is 4.56. The van der Waals surface area contributed by atoms with E-state index in [9.17, 15) is 10.1 Å². The molecule has 2 heterocycles. The summed E-state index contributed by atoms with van der Waals surface area (Å²) < 4.78 is 12.5. The van der Waals surface area contributed by atoms with Gasteiger partial charge in [0.25, 0.3) is 5.69 Å². The molecule has 138 valence electrons. The lowest BCUT2D eigenvalue weighted by Gasteiger charge is -2.15. The molecule has 0 radical (unpaired) electrons. The van der Waals surface area contributed by atoms with E-state index in [0.29, 0.717) is 23.6 Å². The molecule has 0 saturated carbocycles. The van der Waals surface area contributed by atoms with E-state index in [-0.39, 0.29) is 18.5 Å². The molecule has 0 aliphatic carbocycles. The summed E-state index contributed by atoms with van der Waals surface area (Å²) in [6.45, 7) is 2.45. The first-order valence-corrected chi connectivity index (χ1v) is 8.50. The summed E-state index contributed by atoms with van der Waals surface area (Å²) in [6, 6.07) is 11.2. The van der Waals surface area contributed by atoms with Crippen molar-refractivity contribution in [1.29, 1.82) is 0 Å². The highest BCUT2D eigenvalue weighted by Crippen LogP contribution is 2.38. The van der Waals surface area contributed by atoms with Gasteiger partial charge in [-0.05, 0) is 30.7 Å². The second kappa shape index (κ2) is 7.08. The number of imidazole rings is 1. The number of nitrogens with one attached hydrogen (secondary N) is 1. The van der Waals surface area contributed by atoms with Crippen LogP contribution in [0.15, 0.2) is 55.1 Å². The van der Waals surface area contributed by atoms with Crippen molar-refractivity contribution in [2.75, 3.05) is 6.79 Å². The Kier molecular flexibility index (Phi) is 4.47. The fourth-order valence-corrected chi connectivity index (χ4v) is 3.01.